The van der Waals surface area contributed by atoms with Gasteiger partial charge in [0, 0.05) is 18.0 Å². The van der Waals surface area contributed by atoms with E-state index in [0.29, 0.717) is 5.69 Å². The molecule has 0 aliphatic carbocycles. The Labute approximate surface area is 68.2 Å². The minimum Gasteiger partial charge on any atom is -0.351 e. The number of pyridine rings is 1. The normalized spacial score (nSPS) is 10.3. The minimum atomic E-state index is -0.528. The van der Waals surface area contributed by atoms with Gasteiger partial charge in [-0.05, 0) is 6.07 Å². The van der Waals surface area contributed by atoms with Crippen LogP contribution in [0.1, 0.15) is 0 Å². The lowest BCUT2D eigenvalue weighted by Gasteiger charge is -2.01. The number of carbonyl (C=O) groups is 1. The van der Waals surface area contributed by atoms with E-state index in [0.717, 1.165) is 5.56 Å². The van der Waals surface area contributed by atoms with Crippen molar-refractivity contribution in [3.05, 3.63) is 24.7 Å². The molecule has 0 atom stereocenters. The first-order valence-corrected chi connectivity index (χ1v) is 3.36. The van der Waals surface area contributed by atoms with Gasteiger partial charge in [0.25, 0.3) is 0 Å². The zero-order valence-electron chi connectivity index (χ0n) is 6.14. The van der Waals surface area contributed by atoms with Crippen LogP contribution < -0.4 is 5.73 Å². The first-order chi connectivity index (χ1) is 5.77. The van der Waals surface area contributed by atoms with Gasteiger partial charge in [0.1, 0.15) is 5.69 Å². The van der Waals surface area contributed by atoms with Crippen LogP contribution in [-0.2, 0) is 0 Å². The Morgan fingerprint density at radius 3 is 3.17 bits per heavy atom. The van der Waals surface area contributed by atoms with Crippen LogP contribution in [0.3, 0.4) is 0 Å². The van der Waals surface area contributed by atoms with Gasteiger partial charge in [-0.25, -0.2) is 4.79 Å². The van der Waals surface area contributed by atoms with Gasteiger partial charge in [0.15, 0.2) is 0 Å². The predicted molar refractivity (Wildman–Crippen MR) is 41.6 cm³/mol. The summed E-state index contributed by atoms with van der Waals surface area (Å²) >= 11 is 0. The quantitative estimate of drug-likeness (QED) is 0.605. The molecular weight excluding hydrogens is 156 g/mol. The number of fused-ring (bicyclic) bond motifs is 1. The summed E-state index contributed by atoms with van der Waals surface area (Å²) in [5.41, 5.74) is 6.61. The predicted octanol–water partition coefficient (Wildman–Crippen LogP) is 0.310. The van der Waals surface area contributed by atoms with Gasteiger partial charge in [0.2, 0.25) is 0 Å². The second-order valence-corrected chi connectivity index (χ2v) is 2.38. The maximum atomic E-state index is 10.7. The number of rotatable bonds is 0. The van der Waals surface area contributed by atoms with E-state index in [2.05, 4.69) is 10.2 Å². The highest BCUT2D eigenvalue weighted by Gasteiger charge is 2.05. The van der Waals surface area contributed by atoms with Crippen molar-refractivity contribution < 1.29 is 4.79 Å². The summed E-state index contributed by atoms with van der Waals surface area (Å²) in [5.74, 6) is 0. The fraction of sp³-hybridized carbons (Fsp3) is 0. The largest absolute Gasteiger partial charge is 0.351 e. The minimum absolute atomic E-state index is 0.528. The van der Waals surface area contributed by atoms with Gasteiger partial charge in [0.05, 0.1) is 6.20 Å². The number of nitrogens with zero attached hydrogens (tertiary/aromatic N) is 3. The lowest BCUT2D eigenvalue weighted by molar-refractivity contribution is 0.250. The van der Waals surface area contributed by atoms with Crippen LogP contribution in [0, 0.1) is 0 Å². The molecule has 2 aliphatic heterocycles. The average Bonchev–Trinajstić information content (AvgIpc) is 2.49. The Kier molecular flexibility index (Phi) is 1.30. The Morgan fingerprint density at radius 1 is 1.58 bits per heavy atom. The van der Waals surface area contributed by atoms with E-state index in [-0.39, 0.29) is 0 Å². The first-order valence-electron chi connectivity index (χ1n) is 3.36. The molecule has 0 unspecified atom stereocenters. The van der Waals surface area contributed by atoms with E-state index >= 15 is 0 Å². The number of hydrogen-bond donors (Lipinski definition) is 1. The van der Waals surface area contributed by atoms with Crippen molar-refractivity contribution in [3.8, 4) is 11.3 Å². The van der Waals surface area contributed by atoms with Gasteiger partial charge in [-0.15, -0.1) is 5.10 Å². The Hall–Kier alpha value is -1.91. The molecule has 2 heterocycles. The molecular formula is C7H6N4O. The standard InChI is InChI=1S/C7H6N4O/c8-7(12)11-2-1-5-3-9-10-6(5)4-11/h1-4H,(H2,8,12). The molecule has 5 nitrogen and oxygen atoms in total. The summed E-state index contributed by atoms with van der Waals surface area (Å²) in [5, 5.41) is 7.47. The number of hydrogen-bond acceptors (Lipinski definition) is 3. The average molecular weight is 162 g/mol. The topological polar surface area (TPSA) is 73.8 Å². The zero-order valence-corrected chi connectivity index (χ0v) is 6.14. The lowest BCUT2D eigenvalue weighted by atomic mass is 10.2. The summed E-state index contributed by atoms with van der Waals surface area (Å²) in [6, 6.07) is 1.21. The fourth-order valence-corrected chi connectivity index (χ4v) is 0.978. The molecule has 0 spiro atoms. The third-order valence-electron chi connectivity index (χ3n) is 1.59. The molecule has 60 valence electrons. The number of primary amides is 1. The summed E-state index contributed by atoms with van der Waals surface area (Å²) in [6.45, 7) is 0. The van der Waals surface area contributed by atoms with E-state index < -0.39 is 6.03 Å². The Morgan fingerprint density at radius 2 is 2.42 bits per heavy atom. The van der Waals surface area contributed by atoms with Crippen LogP contribution in [0.5, 0.6) is 0 Å². The van der Waals surface area contributed by atoms with Crippen LogP contribution in [0.15, 0.2) is 24.7 Å². The molecule has 12 heavy (non-hydrogen) atoms. The van der Waals surface area contributed by atoms with E-state index in [4.69, 9.17) is 5.73 Å². The molecule has 1 amide bonds. The highest BCUT2D eigenvalue weighted by molar-refractivity contribution is 5.76. The van der Waals surface area contributed by atoms with Gasteiger partial charge >= 0.3 is 6.03 Å². The van der Waals surface area contributed by atoms with Crippen molar-refractivity contribution >= 4 is 6.03 Å². The van der Waals surface area contributed by atoms with Crippen molar-refractivity contribution in [1.29, 1.82) is 0 Å². The fourth-order valence-electron chi connectivity index (χ4n) is 0.978. The number of aromatic nitrogens is 3. The van der Waals surface area contributed by atoms with Crippen LogP contribution in [-0.4, -0.2) is 20.8 Å². The molecule has 0 radical (unpaired) electrons. The number of amides is 1. The van der Waals surface area contributed by atoms with Crippen molar-refractivity contribution in [3.63, 3.8) is 0 Å². The third kappa shape index (κ3) is 0.914. The molecule has 0 aromatic rings. The zero-order chi connectivity index (χ0) is 8.55. The molecule has 2 rings (SSSR count). The van der Waals surface area contributed by atoms with E-state index in [1.807, 2.05) is 0 Å². The Balaban J connectivity index is 2.62. The number of nitrogens with two attached hydrogens (primary N) is 1. The summed E-state index contributed by atoms with van der Waals surface area (Å²) in [4.78, 5) is 10.7. The van der Waals surface area contributed by atoms with Crippen molar-refractivity contribution in [2.45, 2.75) is 0 Å². The monoisotopic (exact) mass is 162 g/mol. The van der Waals surface area contributed by atoms with Gasteiger partial charge in [-0.1, -0.05) is 0 Å². The third-order valence-corrected chi connectivity index (χ3v) is 1.59. The summed E-state index contributed by atoms with van der Waals surface area (Å²) < 4.78 is 1.26. The smallest absolute Gasteiger partial charge is 0.322 e. The first kappa shape index (κ1) is 6.78. The van der Waals surface area contributed by atoms with E-state index in [9.17, 15) is 4.79 Å². The molecule has 0 bridgehead atoms. The van der Waals surface area contributed by atoms with Gasteiger partial charge in [-0.3, -0.25) is 4.57 Å². The van der Waals surface area contributed by atoms with Crippen LogP contribution in [0.25, 0.3) is 11.3 Å². The second kappa shape index (κ2) is 2.30. The molecule has 5 heteroatoms. The molecule has 0 saturated carbocycles. The molecule has 2 aliphatic rings. The number of carbonyl (C=O) groups excluding carboxylic acids is 1. The van der Waals surface area contributed by atoms with Crippen LogP contribution in [0.2, 0.25) is 0 Å². The van der Waals surface area contributed by atoms with E-state index in [1.165, 1.54) is 4.57 Å². The molecule has 0 aromatic carbocycles. The lowest BCUT2D eigenvalue weighted by Crippen LogP contribution is -2.19. The van der Waals surface area contributed by atoms with Crippen molar-refractivity contribution in [2.75, 3.05) is 0 Å². The van der Waals surface area contributed by atoms with Crippen LogP contribution in [0.4, 0.5) is 4.79 Å². The molecule has 0 fully saturated rings. The van der Waals surface area contributed by atoms with Crippen molar-refractivity contribution in [1.82, 2.24) is 14.8 Å². The maximum absolute atomic E-state index is 10.7. The highest BCUT2D eigenvalue weighted by atomic mass is 16.2. The summed E-state index contributed by atoms with van der Waals surface area (Å²) in [7, 11) is 0. The van der Waals surface area contributed by atoms with E-state index in [1.54, 1.807) is 24.7 Å². The molecule has 2 N–H and O–H groups in total. The SMILES string of the molecule is NC(=O)n1ccc2cnnc-2c1. The summed E-state index contributed by atoms with van der Waals surface area (Å²) in [6.07, 6.45) is 4.75. The van der Waals surface area contributed by atoms with Gasteiger partial charge in [-0.2, -0.15) is 5.10 Å². The molecule has 0 saturated heterocycles. The van der Waals surface area contributed by atoms with Crippen molar-refractivity contribution in [2.24, 2.45) is 5.73 Å². The maximum Gasteiger partial charge on any atom is 0.322 e. The molecule has 0 aromatic heterocycles. The van der Waals surface area contributed by atoms with Gasteiger partial charge < -0.3 is 5.73 Å². The second-order valence-electron chi connectivity index (χ2n) is 2.38. The Bertz CT molecular complexity index is 394. The highest BCUT2D eigenvalue weighted by Crippen LogP contribution is 2.15. The van der Waals surface area contributed by atoms with Crippen LogP contribution >= 0.6 is 0 Å².